The average Bonchev–Trinajstić information content (AvgIpc) is 3.90. The van der Waals surface area contributed by atoms with E-state index in [1.807, 2.05) is 34.9 Å². The van der Waals surface area contributed by atoms with Crippen molar-refractivity contribution in [2.24, 2.45) is 10.9 Å². The third-order valence-corrected chi connectivity index (χ3v) is 11.5. The van der Waals surface area contributed by atoms with Crippen LogP contribution in [0.3, 0.4) is 0 Å². The van der Waals surface area contributed by atoms with Crippen LogP contribution in [0.2, 0.25) is 0 Å². The Morgan fingerprint density at radius 3 is 2.59 bits per heavy atom. The van der Waals surface area contributed by atoms with Crippen molar-refractivity contribution >= 4 is 33.5 Å². The lowest BCUT2D eigenvalue weighted by Gasteiger charge is -2.25. The smallest absolute Gasteiger partial charge is 0.263 e. The van der Waals surface area contributed by atoms with Gasteiger partial charge in [-0.3, -0.25) is 24.2 Å². The van der Waals surface area contributed by atoms with Crippen LogP contribution in [-0.4, -0.2) is 66.3 Å². The van der Waals surface area contributed by atoms with Gasteiger partial charge < -0.3 is 14.2 Å². The fourth-order valence-corrected chi connectivity index (χ4v) is 8.51. The first-order valence-corrected chi connectivity index (χ1v) is 19.0. The first-order valence-electron chi connectivity index (χ1n) is 17.5. The highest BCUT2D eigenvalue weighted by Gasteiger charge is 2.53. The van der Waals surface area contributed by atoms with Gasteiger partial charge in [-0.15, -0.1) is 0 Å². The number of carbonyl (C=O) groups is 2. The molecule has 2 amide bonds. The molecule has 3 aromatic rings. The van der Waals surface area contributed by atoms with Gasteiger partial charge in [0.1, 0.15) is 11.6 Å². The van der Waals surface area contributed by atoms with Gasteiger partial charge in [-0.25, -0.2) is 8.42 Å². The number of carbonyl (C=O) groups excluding carboxylic acids is 2. The van der Waals surface area contributed by atoms with Crippen LogP contribution < -0.4 is 4.72 Å². The van der Waals surface area contributed by atoms with E-state index < -0.39 is 15.6 Å². The molecule has 12 heteroatoms. The number of amidine groups is 1. The van der Waals surface area contributed by atoms with Crippen LogP contribution in [0.5, 0.6) is 0 Å². The summed E-state index contributed by atoms with van der Waals surface area (Å²) in [5.74, 6) is 1.66. The SMILES string of the molecule is CCCCC1=N[C@@]2(CCN(C(=O)C3CCCC3)C2)C(=O)N1Cc1ccc(-c2ccccc2S(=O)(=O)Nc2noc(C)c2C)c(COCC)c1. The summed E-state index contributed by atoms with van der Waals surface area (Å²) in [5, 5.41) is 3.89. The van der Waals surface area contributed by atoms with Gasteiger partial charge in [0.2, 0.25) is 5.91 Å². The maximum absolute atomic E-state index is 14.2. The zero-order valence-corrected chi connectivity index (χ0v) is 29.8. The van der Waals surface area contributed by atoms with E-state index in [1.54, 1.807) is 38.1 Å². The van der Waals surface area contributed by atoms with Gasteiger partial charge in [0, 0.05) is 43.0 Å². The summed E-state index contributed by atoms with van der Waals surface area (Å²) in [6.45, 7) is 9.47. The second-order valence-electron chi connectivity index (χ2n) is 13.5. The number of aliphatic imine (C=N–C) groups is 1. The van der Waals surface area contributed by atoms with Crippen LogP contribution in [0.15, 0.2) is 56.9 Å². The summed E-state index contributed by atoms with van der Waals surface area (Å²) in [7, 11) is -4.03. The second-order valence-corrected chi connectivity index (χ2v) is 15.1. The summed E-state index contributed by atoms with van der Waals surface area (Å²) >= 11 is 0. The molecule has 0 radical (unpaired) electrons. The molecular weight excluding hydrogens is 643 g/mol. The van der Waals surface area contributed by atoms with Gasteiger partial charge in [-0.1, -0.05) is 67.7 Å². The number of sulfonamides is 1. The lowest BCUT2D eigenvalue weighted by atomic mass is 9.96. The zero-order chi connectivity index (χ0) is 34.8. The normalized spacial score (nSPS) is 19.8. The Morgan fingerprint density at radius 1 is 1.10 bits per heavy atom. The minimum atomic E-state index is -4.03. The fourth-order valence-electron chi connectivity index (χ4n) is 7.23. The number of nitrogens with zero attached hydrogens (tertiary/aromatic N) is 4. The number of aryl methyl sites for hydroxylation is 1. The van der Waals surface area contributed by atoms with Crippen molar-refractivity contribution in [3.05, 3.63) is 64.9 Å². The Kier molecular flexibility index (Phi) is 10.3. The van der Waals surface area contributed by atoms with Crippen molar-refractivity contribution in [3.8, 4) is 11.1 Å². The van der Waals surface area contributed by atoms with E-state index in [2.05, 4.69) is 16.8 Å². The molecule has 6 rings (SSSR count). The zero-order valence-electron chi connectivity index (χ0n) is 29.0. The van der Waals surface area contributed by atoms with Crippen molar-refractivity contribution in [2.75, 3.05) is 24.4 Å². The summed E-state index contributed by atoms with van der Waals surface area (Å²) in [6, 6.07) is 12.7. The molecule has 2 aliphatic heterocycles. The van der Waals surface area contributed by atoms with Crippen molar-refractivity contribution in [1.29, 1.82) is 0 Å². The van der Waals surface area contributed by atoms with Crippen molar-refractivity contribution in [2.45, 2.75) is 103 Å². The lowest BCUT2D eigenvalue weighted by Crippen LogP contribution is -2.45. The van der Waals surface area contributed by atoms with E-state index in [-0.39, 0.29) is 35.1 Å². The van der Waals surface area contributed by atoms with E-state index in [0.717, 1.165) is 55.5 Å². The standard InChI is InChI=1S/C37H47N5O6S/c1-5-7-16-33-38-37(19-20-41(24-37)35(43)28-12-8-9-13-28)36(44)42(33)22-27-17-18-30(29(21-27)23-47-6-2)31-14-10-11-15-32(31)49(45,46)40-34-25(3)26(4)48-39-34/h10-11,14-15,17-18,21,28H,5-9,12-13,16,19-20,22-24H2,1-4H3,(H,39,40)/t37-/m1/s1. The van der Waals surface area contributed by atoms with Gasteiger partial charge in [-0.2, -0.15) is 0 Å². The molecule has 0 bridgehead atoms. The van der Waals surface area contributed by atoms with Crippen LogP contribution in [0.25, 0.3) is 11.1 Å². The molecule has 1 saturated heterocycles. The summed E-state index contributed by atoms with van der Waals surface area (Å²) in [6.07, 6.45) is 7.15. The van der Waals surface area contributed by atoms with E-state index in [9.17, 15) is 18.0 Å². The predicted molar refractivity (Wildman–Crippen MR) is 187 cm³/mol. The summed E-state index contributed by atoms with van der Waals surface area (Å²) in [5.41, 5.74) is 2.62. The highest BCUT2D eigenvalue weighted by Crippen LogP contribution is 2.38. The number of hydrogen-bond donors (Lipinski definition) is 1. The number of ether oxygens (including phenoxy) is 1. The van der Waals surface area contributed by atoms with Crippen LogP contribution in [-0.2, 0) is 37.5 Å². The topological polar surface area (TPSA) is 134 Å². The molecule has 1 aliphatic carbocycles. The van der Waals surface area contributed by atoms with Crippen LogP contribution in [0.4, 0.5) is 5.82 Å². The van der Waals surface area contributed by atoms with Crippen LogP contribution in [0, 0.1) is 19.8 Å². The number of unbranched alkanes of at least 4 members (excludes halogenated alkanes) is 1. The number of hydrogen-bond acceptors (Lipinski definition) is 8. The molecule has 3 aliphatic rings. The Hall–Kier alpha value is -4.03. The molecule has 11 nitrogen and oxygen atoms in total. The highest BCUT2D eigenvalue weighted by atomic mass is 32.2. The number of likely N-dealkylation sites (tertiary alicyclic amines) is 1. The van der Waals surface area contributed by atoms with E-state index in [0.29, 0.717) is 61.5 Å². The Morgan fingerprint density at radius 2 is 1.88 bits per heavy atom. The summed E-state index contributed by atoms with van der Waals surface area (Å²) in [4.78, 5) is 36.4. The molecule has 2 aromatic carbocycles. The molecule has 3 heterocycles. The van der Waals surface area contributed by atoms with Gasteiger partial charge in [0.15, 0.2) is 11.4 Å². The van der Waals surface area contributed by atoms with Gasteiger partial charge >= 0.3 is 0 Å². The average molecular weight is 690 g/mol. The molecule has 1 N–H and O–H groups in total. The lowest BCUT2D eigenvalue weighted by molar-refractivity contribution is -0.135. The van der Waals surface area contributed by atoms with Gasteiger partial charge in [0.25, 0.3) is 15.9 Å². The number of benzene rings is 2. The molecule has 0 unspecified atom stereocenters. The Bertz CT molecular complexity index is 1850. The molecule has 2 fully saturated rings. The molecule has 1 spiro atoms. The van der Waals surface area contributed by atoms with Gasteiger partial charge in [-0.05, 0) is 62.8 Å². The second kappa shape index (κ2) is 14.4. The third kappa shape index (κ3) is 7.03. The quantitative estimate of drug-likeness (QED) is 0.220. The van der Waals surface area contributed by atoms with Crippen LogP contribution >= 0.6 is 0 Å². The van der Waals surface area contributed by atoms with Crippen molar-refractivity contribution < 1.29 is 27.3 Å². The maximum Gasteiger partial charge on any atom is 0.263 e. The third-order valence-electron chi connectivity index (χ3n) is 10.1. The van der Waals surface area contributed by atoms with E-state index >= 15 is 0 Å². The minimum Gasteiger partial charge on any atom is -0.377 e. The first-order chi connectivity index (χ1) is 23.6. The van der Waals surface area contributed by atoms with Crippen molar-refractivity contribution in [3.63, 3.8) is 0 Å². The molecular formula is C37H47N5O6S. The minimum absolute atomic E-state index is 0.0448. The van der Waals surface area contributed by atoms with Gasteiger partial charge in [0.05, 0.1) is 24.6 Å². The summed E-state index contributed by atoms with van der Waals surface area (Å²) < 4.78 is 41.0. The molecule has 262 valence electrons. The largest absolute Gasteiger partial charge is 0.377 e. The van der Waals surface area contributed by atoms with Crippen molar-refractivity contribution in [1.82, 2.24) is 15.0 Å². The maximum atomic E-state index is 14.2. The van der Waals surface area contributed by atoms with E-state index in [4.69, 9.17) is 14.3 Å². The Balaban J connectivity index is 1.28. The Labute approximate surface area is 289 Å². The predicted octanol–water partition coefficient (Wildman–Crippen LogP) is 6.39. The highest BCUT2D eigenvalue weighted by molar-refractivity contribution is 7.92. The molecule has 1 saturated carbocycles. The number of amides is 2. The number of aromatic nitrogens is 1. The fraction of sp³-hybridized carbons (Fsp3) is 0.514. The molecule has 1 atom stereocenters. The molecule has 1 aromatic heterocycles. The number of nitrogens with one attached hydrogen (secondary N) is 1. The van der Waals surface area contributed by atoms with Crippen LogP contribution in [0.1, 0.15) is 87.7 Å². The first kappa shape index (κ1) is 34.8. The monoisotopic (exact) mass is 689 g/mol. The molecule has 49 heavy (non-hydrogen) atoms. The number of anilines is 1. The van der Waals surface area contributed by atoms with E-state index in [1.165, 1.54) is 0 Å². The number of rotatable bonds is 13.